The highest BCUT2D eigenvalue weighted by Crippen LogP contribution is 2.29. The molecule has 2 aromatic carbocycles. The Bertz CT molecular complexity index is 891. The molecule has 1 amide bonds. The number of anilines is 1. The van der Waals surface area contributed by atoms with Gasteiger partial charge in [0.15, 0.2) is 18.1 Å². The first-order valence-electron chi connectivity index (χ1n) is 7.82. The third-order valence-electron chi connectivity index (χ3n) is 3.75. The number of hydrogen-bond acceptors (Lipinski definition) is 5. The number of ether oxygens (including phenoxy) is 2. The number of nitrogens with one attached hydrogen (secondary N) is 1. The van der Waals surface area contributed by atoms with Gasteiger partial charge >= 0.3 is 0 Å². The van der Waals surface area contributed by atoms with Crippen molar-refractivity contribution in [2.24, 2.45) is 5.73 Å². The molecule has 0 spiro atoms. The van der Waals surface area contributed by atoms with Crippen LogP contribution in [0.3, 0.4) is 0 Å². The Morgan fingerprint density at radius 2 is 2.00 bits per heavy atom. The zero-order valence-corrected chi connectivity index (χ0v) is 13.9. The van der Waals surface area contributed by atoms with E-state index in [9.17, 15) is 4.79 Å². The molecule has 6 nitrogen and oxygen atoms in total. The number of fused-ring (bicyclic) bond motifs is 1. The van der Waals surface area contributed by atoms with Gasteiger partial charge in [-0.1, -0.05) is 30.3 Å². The van der Waals surface area contributed by atoms with Gasteiger partial charge in [-0.25, -0.2) is 0 Å². The predicted molar refractivity (Wildman–Crippen MR) is 96.8 cm³/mol. The Balaban J connectivity index is 1.75. The standard InChI is InChI=1S/C19H19N3O3/c1-24-18-8-13(6-7-17(18)25-12-19(20)23)9-22-16-11-21-10-14-4-2-3-5-15(14)16/h2-8,10-11,22H,9,12H2,1H3,(H2,20,23). The second-order valence-corrected chi connectivity index (χ2v) is 5.50. The molecule has 128 valence electrons. The smallest absolute Gasteiger partial charge is 0.255 e. The summed E-state index contributed by atoms with van der Waals surface area (Å²) < 4.78 is 10.7. The van der Waals surface area contributed by atoms with E-state index in [4.69, 9.17) is 15.2 Å². The third kappa shape index (κ3) is 3.98. The van der Waals surface area contributed by atoms with Crippen molar-refractivity contribution in [1.82, 2.24) is 4.98 Å². The zero-order chi connectivity index (χ0) is 17.6. The van der Waals surface area contributed by atoms with Gasteiger partial charge in [0.25, 0.3) is 5.91 Å². The van der Waals surface area contributed by atoms with Gasteiger partial charge < -0.3 is 20.5 Å². The fourth-order valence-corrected chi connectivity index (χ4v) is 2.54. The lowest BCUT2D eigenvalue weighted by Crippen LogP contribution is -2.20. The van der Waals surface area contributed by atoms with Crippen molar-refractivity contribution in [3.63, 3.8) is 0 Å². The lowest BCUT2D eigenvalue weighted by Gasteiger charge is -2.13. The maximum atomic E-state index is 10.8. The molecule has 1 heterocycles. The number of carbonyl (C=O) groups is 1. The summed E-state index contributed by atoms with van der Waals surface area (Å²) in [6.45, 7) is 0.414. The third-order valence-corrected chi connectivity index (χ3v) is 3.75. The van der Waals surface area contributed by atoms with Crippen molar-refractivity contribution in [1.29, 1.82) is 0 Å². The van der Waals surface area contributed by atoms with Crippen molar-refractivity contribution in [3.8, 4) is 11.5 Å². The van der Waals surface area contributed by atoms with E-state index in [1.807, 2.05) is 42.7 Å². The molecule has 0 aliphatic heterocycles. The number of carbonyl (C=O) groups excluding carboxylic acids is 1. The van der Waals surface area contributed by atoms with Crippen LogP contribution in [0.4, 0.5) is 5.69 Å². The molecule has 0 fully saturated rings. The minimum absolute atomic E-state index is 0.185. The van der Waals surface area contributed by atoms with Gasteiger partial charge in [0.05, 0.1) is 19.0 Å². The fraction of sp³-hybridized carbons (Fsp3) is 0.158. The van der Waals surface area contributed by atoms with Gasteiger partial charge in [-0.3, -0.25) is 9.78 Å². The number of methoxy groups -OCH3 is 1. The number of rotatable bonds is 7. The van der Waals surface area contributed by atoms with Crippen LogP contribution in [-0.2, 0) is 11.3 Å². The molecule has 0 radical (unpaired) electrons. The topological polar surface area (TPSA) is 86.5 Å². The summed E-state index contributed by atoms with van der Waals surface area (Å²) in [7, 11) is 1.55. The van der Waals surface area contributed by atoms with Crippen molar-refractivity contribution in [2.75, 3.05) is 19.0 Å². The number of nitrogens with two attached hydrogens (primary N) is 1. The highest BCUT2D eigenvalue weighted by atomic mass is 16.5. The van der Waals surface area contributed by atoms with E-state index in [0.717, 1.165) is 22.0 Å². The van der Waals surface area contributed by atoms with E-state index in [1.54, 1.807) is 13.2 Å². The van der Waals surface area contributed by atoms with Crippen molar-refractivity contribution in [3.05, 3.63) is 60.4 Å². The van der Waals surface area contributed by atoms with Crippen LogP contribution < -0.4 is 20.5 Å². The molecular formula is C19H19N3O3. The number of aromatic nitrogens is 1. The van der Waals surface area contributed by atoms with Crippen LogP contribution in [0, 0.1) is 0 Å². The van der Waals surface area contributed by atoms with Gasteiger partial charge in [-0.15, -0.1) is 0 Å². The summed E-state index contributed by atoms with van der Waals surface area (Å²) in [6.07, 6.45) is 3.65. The van der Waals surface area contributed by atoms with Crippen LogP contribution in [-0.4, -0.2) is 24.6 Å². The molecule has 3 N–H and O–H groups in total. The van der Waals surface area contributed by atoms with Gasteiger partial charge in [0.2, 0.25) is 0 Å². The molecule has 0 aliphatic rings. The predicted octanol–water partition coefficient (Wildman–Crippen LogP) is 2.72. The van der Waals surface area contributed by atoms with Crippen molar-refractivity contribution in [2.45, 2.75) is 6.54 Å². The average Bonchev–Trinajstić information content (AvgIpc) is 2.64. The second kappa shape index (κ2) is 7.53. The minimum Gasteiger partial charge on any atom is -0.493 e. The number of hydrogen-bond donors (Lipinski definition) is 2. The van der Waals surface area contributed by atoms with Crippen molar-refractivity contribution >= 4 is 22.4 Å². The molecule has 25 heavy (non-hydrogen) atoms. The maximum Gasteiger partial charge on any atom is 0.255 e. The first-order valence-corrected chi connectivity index (χ1v) is 7.82. The average molecular weight is 337 g/mol. The van der Waals surface area contributed by atoms with E-state index < -0.39 is 5.91 Å². The maximum absolute atomic E-state index is 10.8. The molecule has 6 heteroatoms. The van der Waals surface area contributed by atoms with Crippen LogP contribution in [0.25, 0.3) is 10.8 Å². The Morgan fingerprint density at radius 3 is 2.80 bits per heavy atom. The molecule has 1 aromatic heterocycles. The Labute approximate surface area is 145 Å². The van der Waals surface area contributed by atoms with E-state index in [0.29, 0.717) is 18.0 Å². The summed E-state index contributed by atoms with van der Waals surface area (Å²) in [6, 6.07) is 13.6. The molecule has 0 saturated carbocycles. The lowest BCUT2D eigenvalue weighted by atomic mass is 10.1. The largest absolute Gasteiger partial charge is 0.493 e. The highest BCUT2D eigenvalue weighted by molar-refractivity contribution is 5.92. The van der Waals surface area contributed by atoms with Crippen LogP contribution in [0.2, 0.25) is 0 Å². The Kier molecular flexibility index (Phi) is 4.99. The monoisotopic (exact) mass is 337 g/mol. The van der Waals surface area contributed by atoms with E-state index in [2.05, 4.69) is 16.4 Å². The molecular weight excluding hydrogens is 318 g/mol. The molecule has 0 aliphatic carbocycles. The van der Waals surface area contributed by atoms with Gasteiger partial charge in [0, 0.05) is 23.5 Å². The van der Waals surface area contributed by atoms with Crippen LogP contribution in [0.15, 0.2) is 54.9 Å². The van der Waals surface area contributed by atoms with E-state index >= 15 is 0 Å². The highest BCUT2D eigenvalue weighted by Gasteiger charge is 2.08. The van der Waals surface area contributed by atoms with Crippen LogP contribution in [0.5, 0.6) is 11.5 Å². The molecule has 0 saturated heterocycles. The molecule has 0 unspecified atom stereocenters. The number of primary amides is 1. The summed E-state index contributed by atoms with van der Waals surface area (Å²) in [5.41, 5.74) is 7.07. The lowest BCUT2D eigenvalue weighted by molar-refractivity contribution is -0.119. The van der Waals surface area contributed by atoms with E-state index in [-0.39, 0.29) is 6.61 Å². The second-order valence-electron chi connectivity index (χ2n) is 5.50. The Morgan fingerprint density at radius 1 is 1.16 bits per heavy atom. The quantitative estimate of drug-likeness (QED) is 0.692. The number of amides is 1. The zero-order valence-electron chi connectivity index (χ0n) is 13.9. The number of benzene rings is 2. The van der Waals surface area contributed by atoms with Crippen LogP contribution in [0.1, 0.15) is 5.56 Å². The molecule has 3 rings (SSSR count). The first kappa shape index (κ1) is 16.6. The van der Waals surface area contributed by atoms with Crippen LogP contribution >= 0.6 is 0 Å². The van der Waals surface area contributed by atoms with E-state index in [1.165, 1.54) is 0 Å². The SMILES string of the molecule is COc1cc(CNc2cncc3ccccc23)ccc1OCC(N)=O. The minimum atomic E-state index is -0.531. The van der Waals surface area contributed by atoms with Gasteiger partial charge in [-0.05, 0) is 17.7 Å². The number of nitrogens with zero attached hydrogens (tertiary/aromatic N) is 1. The summed E-state index contributed by atoms with van der Waals surface area (Å²) in [4.78, 5) is 15.1. The summed E-state index contributed by atoms with van der Waals surface area (Å²) in [5.74, 6) is 0.504. The summed E-state index contributed by atoms with van der Waals surface area (Å²) in [5, 5.41) is 5.59. The molecule has 3 aromatic rings. The summed E-state index contributed by atoms with van der Waals surface area (Å²) >= 11 is 0. The van der Waals surface area contributed by atoms with Crippen molar-refractivity contribution < 1.29 is 14.3 Å². The number of pyridine rings is 1. The Hall–Kier alpha value is -3.28. The normalized spacial score (nSPS) is 10.4. The molecule has 0 atom stereocenters. The van der Waals surface area contributed by atoms with Gasteiger partial charge in [-0.2, -0.15) is 0 Å². The fourth-order valence-electron chi connectivity index (χ4n) is 2.54. The van der Waals surface area contributed by atoms with Gasteiger partial charge in [0.1, 0.15) is 0 Å². The molecule has 0 bridgehead atoms. The first-order chi connectivity index (χ1) is 12.2.